The fourth-order valence-corrected chi connectivity index (χ4v) is 4.09. The Bertz CT molecular complexity index is 778. The van der Waals surface area contributed by atoms with Crippen molar-refractivity contribution in [3.05, 3.63) is 71.6 Å². The topological polar surface area (TPSA) is 41.1 Å². The second-order valence-corrected chi connectivity index (χ2v) is 7.07. The van der Waals surface area contributed by atoms with Crippen LogP contribution in [0.5, 0.6) is 0 Å². The van der Waals surface area contributed by atoms with Gasteiger partial charge in [0.1, 0.15) is 5.01 Å². The maximum Gasteiger partial charge on any atom is 0.107 e. The van der Waals surface area contributed by atoms with Gasteiger partial charge in [-0.1, -0.05) is 30.3 Å². The van der Waals surface area contributed by atoms with Crippen molar-refractivity contribution in [1.29, 1.82) is 0 Å². The van der Waals surface area contributed by atoms with E-state index in [-0.39, 0.29) is 12.4 Å². The molecule has 0 radical (unpaired) electrons. The van der Waals surface area contributed by atoms with Gasteiger partial charge in [0.05, 0.1) is 11.4 Å². The van der Waals surface area contributed by atoms with Gasteiger partial charge in [-0.3, -0.25) is 9.88 Å². The zero-order valence-electron chi connectivity index (χ0n) is 13.8. The molecule has 130 valence electrons. The van der Waals surface area contributed by atoms with Crippen LogP contribution in [0.2, 0.25) is 0 Å². The number of piperazine rings is 1. The number of nitrogens with one attached hydrogen (secondary N) is 1. The molecule has 4 nitrogen and oxygen atoms in total. The largest absolute Gasteiger partial charge is 0.314 e. The van der Waals surface area contributed by atoms with Gasteiger partial charge in [-0.2, -0.15) is 0 Å². The van der Waals surface area contributed by atoms with Gasteiger partial charge < -0.3 is 5.32 Å². The third-order valence-corrected chi connectivity index (χ3v) is 5.43. The number of benzene rings is 1. The van der Waals surface area contributed by atoms with Crippen molar-refractivity contribution in [2.45, 2.75) is 12.6 Å². The normalized spacial score (nSPS) is 17.8. The average molecular weight is 373 g/mol. The SMILES string of the molecule is Cl.c1ccc(-c2cnc(CN3CCNCC3c3ccncc3)s2)cc1. The van der Waals surface area contributed by atoms with Gasteiger partial charge in [-0.05, 0) is 23.3 Å². The molecule has 0 spiro atoms. The van der Waals surface area contributed by atoms with Crippen LogP contribution in [0.1, 0.15) is 16.6 Å². The molecule has 4 rings (SSSR count). The highest BCUT2D eigenvalue weighted by Gasteiger charge is 2.24. The standard InChI is InChI=1S/C19H20N4S.ClH/c1-2-4-16(5-3-1)18-13-22-19(24-18)14-23-11-10-21-12-17(23)15-6-8-20-9-7-15;/h1-9,13,17,21H,10-12,14H2;1H. The number of hydrogen-bond donors (Lipinski definition) is 1. The Hall–Kier alpha value is -1.79. The van der Waals surface area contributed by atoms with Crippen LogP contribution >= 0.6 is 23.7 Å². The first kappa shape index (κ1) is 18.0. The highest BCUT2D eigenvalue weighted by Crippen LogP contribution is 2.29. The Labute approximate surface area is 158 Å². The van der Waals surface area contributed by atoms with Crippen molar-refractivity contribution >= 4 is 23.7 Å². The smallest absolute Gasteiger partial charge is 0.107 e. The highest BCUT2D eigenvalue weighted by atomic mass is 35.5. The first-order valence-corrected chi connectivity index (χ1v) is 9.06. The summed E-state index contributed by atoms with van der Waals surface area (Å²) in [7, 11) is 0. The highest BCUT2D eigenvalue weighted by molar-refractivity contribution is 7.15. The molecule has 1 N–H and O–H groups in total. The molecule has 6 heteroatoms. The van der Waals surface area contributed by atoms with Gasteiger partial charge in [0.15, 0.2) is 0 Å². The predicted molar refractivity (Wildman–Crippen MR) is 105 cm³/mol. The minimum Gasteiger partial charge on any atom is -0.314 e. The van der Waals surface area contributed by atoms with Crippen molar-refractivity contribution in [1.82, 2.24) is 20.2 Å². The first-order valence-electron chi connectivity index (χ1n) is 8.25. The molecule has 3 aromatic rings. The third-order valence-electron chi connectivity index (χ3n) is 4.40. The van der Waals surface area contributed by atoms with Crippen molar-refractivity contribution in [3.8, 4) is 10.4 Å². The number of rotatable bonds is 4. The number of thiazole rings is 1. The fourth-order valence-electron chi connectivity index (χ4n) is 3.14. The molecule has 1 aliphatic heterocycles. The van der Waals surface area contributed by atoms with Crippen molar-refractivity contribution in [3.63, 3.8) is 0 Å². The average Bonchev–Trinajstić information content (AvgIpc) is 3.12. The second-order valence-electron chi connectivity index (χ2n) is 5.96. The molecular formula is C19H21ClN4S. The van der Waals surface area contributed by atoms with E-state index in [0.29, 0.717) is 6.04 Å². The van der Waals surface area contributed by atoms with E-state index in [0.717, 1.165) is 26.2 Å². The first-order chi connectivity index (χ1) is 11.9. The van der Waals surface area contributed by atoms with E-state index in [9.17, 15) is 0 Å². The molecule has 1 atom stereocenters. The lowest BCUT2D eigenvalue weighted by molar-refractivity contribution is 0.153. The van der Waals surface area contributed by atoms with E-state index in [1.807, 2.05) is 24.7 Å². The Morgan fingerprint density at radius 3 is 2.72 bits per heavy atom. The quantitative estimate of drug-likeness (QED) is 0.756. The predicted octanol–water partition coefficient (Wildman–Crippen LogP) is 3.77. The molecule has 1 aromatic carbocycles. The summed E-state index contributed by atoms with van der Waals surface area (Å²) in [6, 6.07) is 15.1. The number of halogens is 1. The minimum atomic E-state index is 0. The van der Waals surface area contributed by atoms with Gasteiger partial charge in [0.25, 0.3) is 0 Å². The molecule has 1 saturated heterocycles. The van der Waals surface area contributed by atoms with Crippen molar-refractivity contribution in [2.24, 2.45) is 0 Å². The number of hydrogen-bond acceptors (Lipinski definition) is 5. The Balaban J connectivity index is 0.00000182. The van der Waals surface area contributed by atoms with Crippen LogP contribution in [-0.2, 0) is 6.54 Å². The molecule has 25 heavy (non-hydrogen) atoms. The summed E-state index contributed by atoms with van der Waals surface area (Å²) in [6.45, 7) is 3.93. The van der Waals surface area contributed by atoms with Crippen LogP contribution in [0.25, 0.3) is 10.4 Å². The molecule has 0 amide bonds. The molecule has 1 fully saturated rings. The Morgan fingerprint density at radius 2 is 1.92 bits per heavy atom. The molecular weight excluding hydrogens is 352 g/mol. The van der Waals surface area contributed by atoms with Gasteiger partial charge in [-0.15, -0.1) is 23.7 Å². The van der Waals surface area contributed by atoms with E-state index in [4.69, 9.17) is 0 Å². The Morgan fingerprint density at radius 1 is 1.12 bits per heavy atom. The zero-order chi connectivity index (χ0) is 16.2. The Kier molecular flexibility index (Phi) is 6.15. The second kappa shape index (κ2) is 8.54. The lowest BCUT2D eigenvalue weighted by atomic mass is 10.0. The monoisotopic (exact) mass is 372 g/mol. The summed E-state index contributed by atoms with van der Waals surface area (Å²) in [5, 5.41) is 4.68. The minimum absolute atomic E-state index is 0. The maximum atomic E-state index is 4.66. The summed E-state index contributed by atoms with van der Waals surface area (Å²) < 4.78 is 0. The number of nitrogens with zero attached hydrogens (tertiary/aromatic N) is 3. The van der Waals surface area contributed by atoms with Crippen molar-refractivity contribution in [2.75, 3.05) is 19.6 Å². The maximum absolute atomic E-state index is 4.66. The molecule has 1 aliphatic rings. The van der Waals surface area contributed by atoms with Gasteiger partial charge >= 0.3 is 0 Å². The van der Waals surface area contributed by atoms with Gasteiger partial charge in [-0.25, -0.2) is 4.98 Å². The van der Waals surface area contributed by atoms with E-state index < -0.39 is 0 Å². The van der Waals surface area contributed by atoms with E-state index in [1.165, 1.54) is 21.0 Å². The van der Waals surface area contributed by atoms with Crippen LogP contribution in [0.15, 0.2) is 61.1 Å². The van der Waals surface area contributed by atoms with Gasteiger partial charge in [0, 0.05) is 44.3 Å². The van der Waals surface area contributed by atoms with E-state index in [2.05, 4.69) is 56.6 Å². The van der Waals surface area contributed by atoms with Crippen LogP contribution in [0, 0.1) is 0 Å². The lowest BCUT2D eigenvalue weighted by Gasteiger charge is -2.35. The van der Waals surface area contributed by atoms with Crippen LogP contribution < -0.4 is 5.32 Å². The van der Waals surface area contributed by atoms with Crippen molar-refractivity contribution < 1.29 is 0 Å². The molecule has 1 unspecified atom stereocenters. The number of aromatic nitrogens is 2. The molecule has 3 heterocycles. The molecule has 0 saturated carbocycles. The van der Waals surface area contributed by atoms with Crippen LogP contribution in [0.4, 0.5) is 0 Å². The van der Waals surface area contributed by atoms with Crippen LogP contribution in [-0.4, -0.2) is 34.5 Å². The summed E-state index contributed by atoms with van der Waals surface area (Å²) >= 11 is 1.79. The zero-order valence-corrected chi connectivity index (χ0v) is 15.5. The van der Waals surface area contributed by atoms with Crippen LogP contribution in [0.3, 0.4) is 0 Å². The summed E-state index contributed by atoms with van der Waals surface area (Å²) in [5.41, 5.74) is 2.56. The summed E-state index contributed by atoms with van der Waals surface area (Å²) in [4.78, 5) is 12.5. The van der Waals surface area contributed by atoms with E-state index in [1.54, 1.807) is 11.3 Å². The third kappa shape index (κ3) is 4.25. The molecule has 0 aliphatic carbocycles. The lowest BCUT2D eigenvalue weighted by Crippen LogP contribution is -2.45. The summed E-state index contributed by atoms with van der Waals surface area (Å²) in [5.74, 6) is 0. The van der Waals surface area contributed by atoms with Gasteiger partial charge in [0.2, 0.25) is 0 Å². The number of pyridine rings is 1. The fraction of sp³-hybridized carbons (Fsp3) is 0.263. The molecule has 0 bridgehead atoms. The van der Waals surface area contributed by atoms with E-state index >= 15 is 0 Å². The molecule has 2 aromatic heterocycles. The summed E-state index contributed by atoms with van der Waals surface area (Å²) in [6.07, 6.45) is 5.75.